The lowest BCUT2D eigenvalue weighted by Gasteiger charge is -2.42. The first kappa shape index (κ1) is 44.8. The minimum atomic E-state index is -2.75. The van der Waals surface area contributed by atoms with Crippen molar-refractivity contribution >= 4 is 52.6 Å². The Kier molecular flexibility index (Phi) is 12.8. The van der Waals surface area contributed by atoms with Crippen LogP contribution in [0.1, 0.15) is 102 Å². The molecule has 3 aromatic carbocycles. The van der Waals surface area contributed by atoms with E-state index in [0.717, 1.165) is 80.1 Å². The molecule has 4 amide bonds. The SMILES string of the molecule is CN=CC(=CN)c1cc2c(cc1C(F)F)N(C(=N)C1=C(NC3CCN(Cc4ccc(C5CN(c6cccc7c6CN(C6CCC(=O)NC6=O)C7=O)C5)cc4)CC3)CCN(C(C)=O)C1)CCC2. The molecule has 0 bridgehead atoms. The van der Waals surface area contributed by atoms with E-state index in [1.165, 1.54) is 29.6 Å². The van der Waals surface area contributed by atoms with Gasteiger partial charge in [-0.3, -0.25) is 39.8 Å². The summed E-state index contributed by atoms with van der Waals surface area (Å²) >= 11 is 0. The van der Waals surface area contributed by atoms with Gasteiger partial charge in [-0.25, -0.2) is 8.78 Å². The number of imide groups is 1. The van der Waals surface area contributed by atoms with E-state index in [2.05, 4.69) is 55.8 Å². The average Bonchev–Trinajstić information content (AvgIpc) is 3.64. The Morgan fingerprint density at radius 1 is 0.970 bits per heavy atom. The molecule has 3 saturated heterocycles. The molecule has 6 heterocycles. The van der Waals surface area contributed by atoms with Gasteiger partial charge in [0.25, 0.3) is 12.3 Å². The van der Waals surface area contributed by atoms with E-state index in [-0.39, 0.29) is 48.1 Å². The van der Waals surface area contributed by atoms with Crippen LogP contribution in [0.4, 0.5) is 20.2 Å². The lowest BCUT2D eigenvalue weighted by atomic mass is 9.89. The number of likely N-dealkylation sites (tertiary alicyclic amines) is 1. The molecule has 16 heteroatoms. The van der Waals surface area contributed by atoms with Crippen LogP contribution in [-0.4, -0.2) is 115 Å². The molecule has 0 radical (unpaired) electrons. The summed E-state index contributed by atoms with van der Waals surface area (Å²) < 4.78 is 29.2. The highest BCUT2D eigenvalue weighted by atomic mass is 19.3. The maximum atomic E-state index is 14.6. The maximum Gasteiger partial charge on any atom is 0.264 e. The van der Waals surface area contributed by atoms with Crippen molar-refractivity contribution in [2.75, 3.05) is 62.7 Å². The molecule has 0 aromatic heterocycles. The van der Waals surface area contributed by atoms with E-state index < -0.39 is 18.4 Å². The van der Waals surface area contributed by atoms with Crippen LogP contribution < -0.4 is 26.2 Å². The van der Waals surface area contributed by atoms with Crippen molar-refractivity contribution < 1.29 is 28.0 Å². The number of anilines is 2. The maximum absolute atomic E-state index is 14.6. The van der Waals surface area contributed by atoms with E-state index >= 15 is 0 Å². The third-order valence-corrected chi connectivity index (χ3v) is 14.3. The second-order valence-electron chi connectivity index (χ2n) is 18.4. The number of fused-ring (bicyclic) bond motifs is 2. The molecular formula is C50H58F2N10O4. The minimum absolute atomic E-state index is 0.0619. The Labute approximate surface area is 384 Å². The Morgan fingerprint density at radius 3 is 2.44 bits per heavy atom. The molecule has 6 aliphatic rings. The summed E-state index contributed by atoms with van der Waals surface area (Å²) in [7, 11) is 1.57. The number of rotatable bonds is 11. The third kappa shape index (κ3) is 8.82. The Hall–Kier alpha value is -6.42. The van der Waals surface area contributed by atoms with E-state index in [1.54, 1.807) is 29.8 Å². The number of benzene rings is 3. The van der Waals surface area contributed by atoms with Crippen LogP contribution in [0.2, 0.25) is 0 Å². The number of amides is 4. The predicted molar refractivity (Wildman–Crippen MR) is 251 cm³/mol. The number of carbonyl (C=O) groups excluding carboxylic acids is 4. The lowest BCUT2D eigenvalue weighted by molar-refractivity contribution is -0.137. The highest BCUT2D eigenvalue weighted by Crippen LogP contribution is 2.40. The van der Waals surface area contributed by atoms with Crippen LogP contribution in [0.5, 0.6) is 0 Å². The molecule has 1 atom stereocenters. The number of nitrogens with zero attached hydrogens (tertiary/aromatic N) is 6. The standard InChI is InChI=1S/C50H58F2N10O4/c1-30(63)59-20-16-42(41(28-59)48(54)61-17-4-5-33-21-38(34(23-53)24-55-2)39(47(51)52)22-45(33)61)56-36-14-18-58(19-15-36)25-31-8-10-32(11-9-31)35-26-60(27-35)43-7-3-6-37-40(43)29-62(50(37)66)44-12-13-46(64)57-49(44)65/h3,6-11,21-24,35-36,44,47,54,56H,4-5,12-20,25-29,53H2,1-2H3,(H,57,64,65). The first-order valence-electron chi connectivity index (χ1n) is 23.1. The number of alkyl halides is 2. The summed E-state index contributed by atoms with van der Waals surface area (Å²) in [6, 6.07) is 17.5. The molecule has 3 fully saturated rings. The van der Waals surface area contributed by atoms with Crippen molar-refractivity contribution in [2.24, 2.45) is 10.7 Å². The Balaban J connectivity index is 0.810. The van der Waals surface area contributed by atoms with Crippen molar-refractivity contribution in [3.8, 4) is 0 Å². The van der Waals surface area contributed by atoms with Gasteiger partial charge in [0.2, 0.25) is 17.7 Å². The number of allylic oxidation sites excluding steroid dienone is 1. The predicted octanol–water partition coefficient (Wildman–Crippen LogP) is 5.48. The highest BCUT2D eigenvalue weighted by molar-refractivity contribution is 6.12. The summed E-state index contributed by atoms with van der Waals surface area (Å²) in [5.74, 6) is -0.321. The monoisotopic (exact) mass is 900 g/mol. The fourth-order valence-electron chi connectivity index (χ4n) is 10.6. The van der Waals surface area contributed by atoms with Gasteiger partial charge in [-0.15, -0.1) is 0 Å². The molecule has 5 N–H and O–H groups in total. The summed E-state index contributed by atoms with van der Waals surface area (Å²) in [5, 5.41) is 15.7. The number of hydrogen-bond acceptors (Lipinski definition) is 10. The van der Waals surface area contributed by atoms with Gasteiger partial charge in [-0.2, -0.15) is 0 Å². The number of aliphatic imine (C=N–C) groups is 1. The van der Waals surface area contributed by atoms with Crippen LogP contribution >= 0.6 is 0 Å². The highest BCUT2D eigenvalue weighted by Gasteiger charge is 2.42. The zero-order valence-corrected chi connectivity index (χ0v) is 37.6. The van der Waals surface area contributed by atoms with Crippen molar-refractivity contribution in [3.05, 3.63) is 111 Å². The van der Waals surface area contributed by atoms with Gasteiger partial charge in [-0.1, -0.05) is 30.3 Å². The molecule has 9 rings (SSSR count). The summed E-state index contributed by atoms with van der Waals surface area (Å²) in [6.45, 7) is 7.56. The molecule has 6 aliphatic heterocycles. The first-order chi connectivity index (χ1) is 31.9. The van der Waals surface area contributed by atoms with Crippen molar-refractivity contribution in [2.45, 2.75) is 89.4 Å². The van der Waals surface area contributed by atoms with Crippen molar-refractivity contribution in [1.29, 1.82) is 5.41 Å². The number of halogens is 2. The van der Waals surface area contributed by atoms with Gasteiger partial charge >= 0.3 is 0 Å². The second-order valence-corrected chi connectivity index (χ2v) is 18.4. The number of carbonyl (C=O) groups is 4. The van der Waals surface area contributed by atoms with Crippen LogP contribution in [0.3, 0.4) is 0 Å². The second kappa shape index (κ2) is 18.8. The zero-order valence-electron chi connectivity index (χ0n) is 37.6. The quantitative estimate of drug-likeness (QED) is 0.111. The van der Waals surface area contributed by atoms with Crippen LogP contribution in [-0.2, 0) is 33.9 Å². The Bertz CT molecular complexity index is 2530. The smallest absolute Gasteiger partial charge is 0.264 e. The Morgan fingerprint density at radius 2 is 1.74 bits per heavy atom. The zero-order chi connectivity index (χ0) is 46.2. The lowest BCUT2D eigenvalue weighted by Crippen LogP contribution is -2.52. The normalized spacial score (nSPS) is 21.1. The number of hydrogen-bond donors (Lipinski definition) is 4. The van der Waals surface area contributed by atoms with E-state index in [4.69, 9.17) is 5.73 Å². The van der Waals surface area contributed by atoms with Crippen LogP contribution in [0.15, 0.2) is 77.1 Å². The van der Waals surface area contributed by atoms with Crippen LogP contribution in [0.25, 0.3) is 5.57 Å². The molecule has 3 aromatic rings. The molecule has 346 valence electrons. The van der Waals surface area contributed by atoms with Crippen molar-refractivity contribution in [1.82, 2.24) is 25.3 Å². The average molecular weight is 901 g/mol. The van der Waals surface area contributed by atoms with Gasteiger partial charge < -0.3 is 30.7 Å². The summed E-state index contributed by atoms with van der Waals surface area (Å²) in [4.78, 5) is 64.3. The molecule has 0 aliphatic carbocycles. The fourth-order valence-corrected chi connectivity index (χ4v) is 10.6. The fraction of sp³-hybridized carbons (Fsp3) is 0.440. The summed E-state index contributed by atoms with van der Waals surface area (Å²) in [5.41, 5.74) is 14.7. The molecule has 66 heavy (non-hydrogen) atoms. The van der Waals surface area contributed by atoms with Gasteiger partial charge in [0, 0.05) is 148 Å². The van der Waals surface area contributed by atoms with E-state index in [1.807, 2.05) is 17.0 Å². The summed E-state index contributed by atoms with van der Waals surface area (Å²) in [6.07, 6.45) is 4.44. The van der Waals surface area contributed by atoms with Gasteiger partial charge in [0.1, 0.15) is 11.9 Å². The number of piperidine rings is 2. The minimum Gasteiger partial charge on any atom is -0.404 e. The number of nitrogens with two attached hydrogens (primary N) is 1. The van der Waals surface area contributed by atoms with E-state index in [0.29, 0.717) is 67.2 Å². The number of aryl methyl sites for hydroxylation is 1. The molecule has 14 nitrogen and oxygen atoms in total. The largest absolute Gasteiger partial charge is 0.404 e. The molecule has 1 unspecified atom stereocenters. The number of amidine groups is 1. The van der Waals surface area contributed by atoms with Gasteiger partial charge in [0.15, 0.2) is 0 Å². The van der Waals surface area contributed by atoms with Gasteiger partial charge in [0.05, 0.1) is 6.54 Å². The number of nitrogens with one attached hydrogen (secondary N) is 3. The first-order valence-corrected chi connectivity index (χ1v) is 23.1. The van der Waals surface area contributed by atoms with Crippen molar-refractivity contribution in [3.63, 3.8) is 0 Å². The topological polar surface area (TPSA) is 171 Å². The van der Waals surface area contributed by atoms with E-state index in [9.17, 15) is 33.4 Å². The molecular weight excluding hydrogens is 843 g/mol. The van der Waals surface area contributed by atoms with Gasteiger partial charge in [-0.05, 0) is 78.6 Å². The third-order valence-electron chi connectivity index (χ3n) is 14.3. The molecule has 0 saturated carbocycles. The van der Waals surface area contributed by atoms with Crippen LogP contribution in [0, 0.1) is 5.41 Å². The molecule has 0 spiro atoms.